The van der Waals surface area contributed by atoms with Crippen LogP contribution in [0.15, 0.2) is 114 Å². The Bertz CT molecular complexity index is 1590. The molecule has 0 bridgehead atoms. The number of benzene rings is 3. The molecule has 0 spiro atoms. The van der Waals surface area contributed by atoms with E-state index in [0.717, 1.165) is 42.0 Å². The average Bonchev–Trinajstić information content (AvgIpc) is 3.52. The summed E-state index contributed by atoms with van der Waals surface area (Å²) in [6.07, 6.45) is 8.89. The molecule has 0 saturated carbocycles. The molecular formula is C31H26ClNO5S. The second-order valence-electron chi connectivity index (χ2n) is 8.95. The van der Waals surface area contributed by atoms with E-state index >= 15 is 0 Å². The van der Waals surface area contributed by atoms with Crippen molar-refractivity contribution >= 4 is 39.1 Å². The Labute approximate surface area is 233 Å². The van der Waals surface area contributed by atoms with Crippen LogP contribution in [0.1, 0.15) is 35.9 Å². The van der Waals surface area contributed by atoms with E-state index in [-0.39, 0.29) is 0 Å². The first-order valence-electron chi connectivity index (χ1n) is 12.5. The van der Waals surface area contributed by atoms with Gasteiger partial charge in [0, 0.05) is 28.8 Å². The Morgan fingerprint density at radius 1 is 0.821 bits per heavy atom. The van der Waals surface area contributed by atoms with E-state index in [1.54, 1.807) is 0 Å². The highest BCUT2D eigenvalue weighted by molar-refractivity contribution is 7.18. The lowest BCUT2D eigenvalue weighted by Crippen LogP contribution is -2.68. The molecule has 8 heteroatoms. The van der Waals surface area contributed by atoms with Gasteiger partial charge in [0.2, 0.25) is 5.52 Å². The molecule has 0 saturated heterocycles. The number of aromatic nitrogens is 1. The maximum atomic E-state index is 8.49. The zero-order valence-electron chi connectivity index (χ0n) is 21.2. The lowest BCUT2D eigenvalue weighted by Gasteiger charge is -2.22. The molecule has 2 aliphatic rings. The Balaban J connectivity index is 0.000000567. The third-order valence-electron chi connectivity index (χ3n) is 6.55. The molecule has 1 aliphatic carbocycles. The van der Waals surface area contributed by atoms with Gasteiger partial charge in [-0.25, -0.2) is 18.6 Å². The Morgan fingerprint density at radius 2 is 1.44 bits per heavy atom. The number of allylic oxidation sites excluding steroid dienone is 5. The first kappa shape index (κ1) is 27.0. The third-order valence-corrected chi connectivity index (χ3v) is 7.68. The highest BCUT2D eigenvalue weighted by Crippen LogP contribution is 2.45. The van der Waals surface area contributed by atoms with Gasteiger partial charge in [0.15, 0.2) is 0 Å². The fourth-order valence-electron chi connectivity index (χ4n) is 4.89. The van der Waals surface area contributed by atoms with Crippen LogP contribution in [-0.2, 0) is 11.3 Å². The van der Waals surface area contributed by atoms with Crippen molar-refractivity contribution in [3.8, 4) is 0 Å². The van der Waals surface area contributed by atoms with Crippen molar-refractivity contribution in [2.24, 2.45) is 0 Å². The van der Waals surface area contributed by atoms with Gasteiger partial charge >= 0.3 is 0 Å². The number of thiazole rings is 1. The van der Waals surface area contributed by atoms with Crippen molar-refractivity contribution in [1.82, 2.24) is 0 Å². The minimum Gasteiger partial charge on any atom is -0.456 e. The maximum Gasteiger partial charge on any atom is 0.262 e. The van der Waals surface area contributed by atoms with Crippen LogP contribution in [0.4, 0.5) is 0 Å². The Kier molecular flexibility index (Phi) is 8.09. The Morgan fingerprint density at radius 3 is 2.10 bits per heavy atom. The van der Waals surface area contributed by atoms with Crippen LogP contribution in [-0.4, -0.2) is 0 Å². The van der Waals surface area contributed by atoms with E-state index in [1.807, 2.05) is 17.4 Å². The molecule has 4 aromatic rings. The second-order valence-corrected chi connectivity index (χ2v) is 10.8. The average molecular weight is 560 g/mol. The van der Waals surface area contributed by atoms with Crippen LogP contribution in [0.25, 0.3) is 27.8 Å². The molecule has 0 amide bonds. The number of halogens is 1. The van der Waals surface area contributed by atoms with Gasteiger partial charge in [-0.15, -0.1) is 10.2 Å². The van der Waals surface area contributed by atoms with Crippen molar-refractivity contribution in [2.45, 2.75) is 26.3 Å². The van der Waals surface area contributed by atoms with Gasteiger partial charge in [-0.3, -0.25) is 0 Å². The zero-order valence-corrected chi connectivity index (χ0v) is 22.8. The summed E-state index contributed by atoms with van der Waals surface area (Å²) in [5, 5.41) is 1.29. The summed E-state index contributed by atoms with van der Waals surface area (Å²) in [6, 6.07) is 29.6. The highest BCUT2D eigenvalue weighted by Gasteiger charge is 2.28. The molecule has 3 aromatic carbocycles. The molecule has 0 atom stereocenters. The number of hydrogen-bond acceptors (Lipinski definition) is 6. The summed E-state index contributed by atoms with van der Waals surface area (Å²) in [5.41, 5.74) is 7.54. The molecule has 0 radical (unpaired) electrons. The van der Waals surface area contributed by atoms with Gasteiger partial charge in [0.05, 0.1) is 0 Å². The van der Waals surface area contributed by atoms with Crippen molar-refractivity contribution in [1.29, 1.82) is 0 Å². The SMILES string of the molecule is CC[n+]1c(C=CC2=C3C=C(c4ccccc4)OC(c4ccccc4)=C3CC2)sc2ccccc21.[O-][Cl+3]([O-])([O-])[O-]. The third kappa shape index (κ3) is 6.37. The topological polar surface area (TPSA) is 105 Å². The van der Waals surface area contributed by atoms with Crippen molar-refractivity contribution in [2.75, 3.05) is 0 Å². The summed E-state index contributed by atoms with van der Waals surface area (Å²) in [4.78, 5) is 0. The van der Waals surface area contributed by atoms with E-state index in [1.165, 1.54) is 31.9 Å². The standard InChI is InChI=1S/C31H26NOS.ClHO4/c1-2-32-27-15-9-10-16-29(27)34-30(32)20-18-22-17-19-25-26(22)21-28(23-11-5-3-6-12-23)33-31(25)24-13-7-4-8-14-24;2-1(3,4)5/h3-16,18,20-21H,2,17,19H2,1H3;(H,2,3,4,5)/q+1;/p-1. The van der Waals surface area contributed by atoms with E-state index in [0.29, 0.717) is 0 Å². The monoisotopic (exact) mass is 559 g/mol. The summed E-state index contributed by atoms with van der Waals surface area (Å²) >= 11 is 1.86. The molecule has 1 aliphatic heterocycles. The quantitative estimate of drug-likeness (QED) is 0.349. The smallest absolute Gasteiger partial charge is 0.262 e. The summed E-state index contributed by atoms with van der Waals surface area (Å²) in [7, 11) is -4.94. The molecular weight excluding hydrogens is 534 g/mol. The molecule has 1 aromatic heterocycles. The number of aryl methyl sites for hydroxylation is 1. The first-order valence-corrected chi connectivity index (χ1v) is 14.5. The van der Waals surface area contributed by atoms with Crippen LogP contribution >= 0.6 is 11.3 Å². The van der Waals surface area contributed by atoms with Crippen LogP contribution in [0.3, 0.4) is 0 Å². The van der Waals surface area contributed by atoms with Crippen LogP contribution in [0.2, 0.25) is 0 Å². The predicted molar refractivity (Wildman–Crippen MR) is 142 cm³/mol. The molecule has 6 rings (SSSR count). The molecule has 0 N–H and O–H groups in total. The van der Waals surface area contributed by atoms with Gasteiger partial charge < -0.3 is 4.74 Å². The molecule has 6 nitrogen and oxygen atoms in total. The summed E-state index contributed by atoms with van der Waals surface area (Å²) in [5.74, 6) is 1.90. The minimum atomic E-state index is -4.94. The van der Waals surface area contributed by atoms with Gasteiger partial charge in [-0.1, -0.05) is 90.2 Å². The second kappa shape index (κ2) is 11.7. The fraction of sp³-hybridized carbons (Fsp3) is 0.129. The van der Waals surface area contributed by atoms with E-state index in [4.69, 9.17) is 23.4 Å². The minimum absolute atomic E-state index is 0.913. The van der Waals surface area contributed by atoms with Crippen LogP contribution < -0.4 is 23.2 Å². The van der Waals surface area contributed by atoms with Crippen LogP contribution in [0.5, 0.6) is 0 Å². The predicted octanol–water partition coefficient (Wildman–Crippen LogP) is 3.04. The maximum absolute atomic E-state index is 8.49. The number of hydrogen-bond donors (Lipinski definition) is 0. The van der Waals surface area contributed by atoms with E-state index < -0.39 is 10.2 Å². The lowest BCUT2D eigenvalue weighted by molar-refractivity contribution is -2.00. The van der Waals surface area contributed by atoms with Gasteiger partial charge in [0.1, 0.15) is 22.8 Å². The fourth-order valence-corrected chi connectivity index (χ4v) is 6.01. The van der Waals surface area contributed by atoms with Crippen molar-refractivity contribution < 1.29 is 38.2 Å². The molecule has 198 valence electrons. The number of fused-ring (bicyclic) bond motifs is 2. The number of nitrogens with zero attached hydrogens (tertiary/aromatic N) is 1. The first-order chi connectivity index (χ1) is 18.8. The van der Waals surface area contributed by atoms with Crippen LogP contribution in [0, 0.1) is 10.2 Å². The number of para-hydroxylation sites is 1. The summed E-state index contributed by atoms with van der Waals surface area (Å²) in [6.45, 7) is 3.18. The van der Waals surface area contributed by atoms with Gasteiger partial charge in [0.25, 0.3) is 5.01 Å². The summed E-state index contributed by atoms with van der Waals surface area (Å²) < 4.78 is 44.2. The van der Waals surface area contributed by atoms with Crippen molar-refractivity contribution in [3.63, 3.8) is 0 Å². The molecule has 39 heavy (non-hydrogen) atoms. The van der Waals surface area contributed by atoms with E-state index in [2.05, 4.69) is 109 Å². The Hall–Kier alpha value is -3.56. The largest absolute Gasteiger partial charge is 0.456 e. The normalized spacial score (nSPS) is 15.3. The number of ether oxygens (including phenoxy) is 1. The molecule has 0 fully saturated rings. The number of rotatable bonds is 5. The molecule has 2 heterocycles. The van der Waals surface area contributed by atoms with E-state index in [9.17, 15) is 0 Å². The highest BCUT2D eigenvalue weighted by atomic mass is 35.7. The van der Waals surface area contributed by atoms with Gasteiger partial charge in [-0.05, 0) is 43.1 Å². The van der Waals surface area contributed by atoms with Gasteiger partial charge in [-0.2, -0.15) is 4.57 Å². The lowest BCUT2D eigenvalue weighted by atomic mass is 9.97. The zero-order chi connectivity index (χ0) is 27.4. The molecule has 0 unspecified atom stereocenters. The van der Waals surface area contributed by atoms with Crippen molar-refractivity contribution in [3.05, 3.63) is 130 Å².